The monoisotopic (exact) mass is 237 g/mol. The minimum Gasteiger partial charge on any atom is -0.377 e. The Morgan fingerprint density at radius 2 is 2.29 bits per heavy atom. The van der Waals surface area contributed by atoms with Gasteiger partial charge in [0.1, 0.15) is 5.82 Å². The second-order valence-electron chi connectivity index (χ2n) is 3.66. The zero-order valence-electron chi connectivity index (χ0n) is 10.5. The van der Waals surface area contributed by atoms with E-state index in [2.05, 4.69) is 15.6 Å². The highest BCUT2D eigenvalue weighted by Gasteiger charge is 2.07. The van der Waals surface area contributed by atoms with Crippen molar-refractivity contribution >= 4 is 11.7 Å². The van der Waals surface area contributed by atoms with Crippen LogP contribution in [0.1, 0.15) is 24.2 Å². The summed E-state index contributed by atoms with van der Waals surface area (Å²) in [5.74, 6) is 0.607. The Morgan fingerprint density at radius 1 is 1.53 bits per heavy atom. The first-order valence-corrected chi connectivity index (χ1v) is 5.71. The Labute approximate surface area is 102 Å². The molecule has 1 rings (SSSR count). The maximum atomic E-state index is 11.7. The van der Waals surface area contributed by atoms with Crippen LogP contribution in [0, 0.1) is 0 Å². The number of hydrogen-bond donors (Lipinski definition) is 2. The molecule has 1 heterocycles. The number of hydrogen-bond acceptors (Lipinski definition) is 4. The van der Waals surface area contributed by atoms with Gasteiger partial charge in [0.25, 0.3) is 5.91 Å². The maximum Gasteiger partial charge on any atom is 0.252 e. The van der Waals surface area contributed by atoms with Crippen molar-refractivity contribution in [2.75, 3.05) is 25.5 Å². The lowest BCUT2D eigenvalue weighted by Crippen LogP contribution is -2.32. The molecule has 0 aliphatic carbocycles. The molecule has 0 aliphatic rings. The number of pyridine rings is 1. The highest BCUT2D eigenvalue weighted by atomic mass is 16.5. The molecule has 0 aliphatic heterocycles. The number of carbonyl (C=O) groups excluding carboxylic acids is 1. The van der Waals surface area contributed by atoms with Gasteiger partial charge in [-0.2, -0.15) is 0 Å². The Bertz CT molecular complexity index is 351. The number of amides is 1. The van der Waals surface area contributed by atoms with Gasteiger partial charge in [-0.15, -0.1) is 0 Å². The van der Waals surface area contributed by atoms with Crippen molar-refractivity contribution < 1.29 is 9.53 Å². The third kappa shape index (κ3) is 4.40. The third-order valence-electron chi connectivity index (χ3n) is 2.28. The average molecular weight is 237 g/mol. The van der Waals surface area contributed by atoms with Gasteiger partial charge in [-0.1, -0.05) is 0 Å². The molecule has 0 saturated carbocycles. The fourth-order valence-corrected chi connectivity index (χ4v) is 1.36. The van der Waals surface area contributed by atoms with Crippen LogP contribution < -0.4 is 10.6 Å². The van der Waals surface area contributed by atoms with Gasteiger partial charge in [0, 0.05) is 26.4 Å². The molecule has 1 aromatic heterocycles. The van der Waals surface area contributed by atoms with Crippen LogP contribution in [0.25, 0.3) is 0 Å². The Morgan fingerprint density at radius 3 is 2.82 bits per heavy atom. The number of nitrogens with one attached hydrogen (secondary N) is 2. The molecule has 5 heteroatoms. The van der Waals surface area contributed by atoms with Crippen LogP contribution in [-0.2, 0) is 4.74 Å². The quantitative estimate of drug-likeness (QED) is 0.782. The van der Waals surface area contributed by atoms with Crippen LogP contribution >= 0.6 is 0 Å². The topological polar surface area (TPSA) is 63.2 Å². The molecule has 1 atom stereocenters. The van der Waals surface area contributed by atoms with Crippen molar-refractivity contribution in [3.8, 4) is 0 Å². The van der Waals surface area contributed by atoms with Gasteiger partial charge >= 0.3 is 0 Å². The van der Waals surface area contributed by atoms with Gasteiger partial charge < -0.3 is 15.4 Å². The summed E-state index contributed by atoms with van der Waals surface area (Å²) in [6.45, 7) is 5.00. The average Bonchev–Trinajstić information content (AvgIpc) is 2.36. The number of aromatic nitrogens is 1. The molecule has 0 fully saturated rings. The first kappa shape index (κ1) is 13.4. The fraction of sp³-hybridized carbons (Fsp3) is 0.500. The van der Waals surface area contributed by atoms with Gasteiger partial charge in [-0.05, 0) is 26.0 Å². The van der Waals surface area contributed by atoms with E-state index in [9.17, 15) is 4.79 Å². The molecule has 5 nitrogen and oxygen atoms in total. The maximum absolute atomic E-state index is 11.7. The minimum absolute atomic E-state index is 0.0218. The largest absolute Gasteiger partial charge is 0.377 e. The van der Waals surface area contributed by atoms with Crippen molar-refractivity contribution in [2.24, 2.45) is 0 Å². The summed E-state index contributed by atoms with van der Waals surface area (Å²) >= 11 is 0. The summed E-state index contributed by atoms with van der Waals surface area (Å²) < 4.78 is 5.32. The van der Waals surface area contributed by atoms with E-state index in [1.165, 1.54) is 0 Å². The smallest absolute Gasteiger partial charge is 0.252 e. The van der Waals surface area contributed by atoms with E-state index in [-0.39, 0.29) is 12.0 Å². The predicted octanol–water partition coefficient (Wildman–Crippen LogP) is 1.28. The molecule has 2 N–H and O–H groups in total. The van der Waals surface area contributed by atoms with Crippen molar-refractivity contribution in [3.05, 3.63) is 23.9 Å². The molecule has 17 heavy (non-hydrogen) atoms. The molecular weight excluding hydrogens is 218 g/mol. The molecular formula is C12H19N3O2. The third-order valence-corrected chi connectivity index (χ3v) is 2.28. The standard InChI is InChI=1S/C12H19N3O2/c1-4-17-9(2)7-15-12(16)10-5-6-11(13-3)14-8-10/h5-6,8-9H,4,7H2,1-3H3,(H,13,14)(H,15,16). The minimum atomic E-state index is -0.133. The Balaban J connectivity index is 2.46. The highest BCUT2D eigenvalue weighted by molar-refractivity contribution is 5.94. The van der Waals surface area contributed by atoms with Gasteiger partial charge in [-0.25, -0.2) is 4.98 Å². The number of anilines is 1. The number of rotatable bonds is 6. The van der Waals surface area contributed by atoms with Crippen LogP contribution in [0.4, 0.5) is 5.82 Å². The second-order valence-corrected chi connectivity index (χ2v) is 3.66. The Kier molecular flexibility index (Phi) is 5.42. The molecule has 0 spiro atoms. The number of nitrogens with zero attached hydrogens (tertiary/aromatic N) is 1. The van der Waals surface area contributed by atoms with E-state index in [1.807, 2.05) is 13.8 Å². The second kappa shape index (κ2) is 6.85. The molecule has 0 saturated heterocycles. The van der Waals surface area contributed by atoms with Gasteiger partial charge in [0.05, 0.1) is 11.7 Å². The van der Waals surface area contributed by atoms with Crippen LogP contribution in [0.3, 0.4) is 0 Å². The number of carbonyl (C=O) groups is 1. The van der Waals surface area contributed by atoms with E-state index in [0.717, 1.165) is 5.82 Å². The van der Waals surface area contributed by atoms with Crippen LogP contribution in [0.2, 0.25) is 0 Å². The van der Waals surface area contributed by atoms with Crippen LogP contribution in [0.15, 0.2) is 18.3 Å². The normalized spacial score (nSPS) is 11.9. The lowest BCUT2D eigenvalue weighted by atomic mass is 10.2. The lowest BCUT2D eigenvalue weighted by Gasteiger charge is -2.12. The van der Waals surface area contributed by atoms with E-state index in [0.29, 0.717) is 18.7 Å². The highest BCUT2D eigenvalue weighted by Crippen LogP contribution is 2.03. The molecule has 0 radical (unpaired) electrons. The summed E-state index contributed by atoms with van der Waals surface area (Å²) in [5, 5.41) is 5.69. The molecule has 0 bridgehead atoms. The van der Waals surface area contributed by atoms with Crippen molar-refractivity contribution in [3.63, 3.8) is 0 Å². The van der Waals surface area contributed by atoms with E-state index >= 15 is 0 Å². The first-order valence-electron chi connectivity index (χ1n) is 5.71. The van der Waals surface area contributed by atoms with Crippen molar-refractivity contribution in [1.29, 1.82) is 0 Å². The molecule has 1 amide bonds. The summed E-state index contributed by atoms with van der Waals surface area (Å²) in [4.78, 5) is 15.8. The number of ether oxygens (including phenoxy) is 1. The zero-order valence-corrected chi connectivity index (χ0v) is 10.5. The van der Waals surface area contributed by atoms with Gasteiger partial charge in [0.2, 0.25) is 0 Å². The van der Waals surface area contributed by atoms with E-state index in [1.54, 1.807) is 25.4 Å². The van der Waals surface area contributed by atoms with E-state index < -0.39 is 0 Å². The van der Waals surface area contributed by atoms with Crippen LogP contribution in [-0.4, -0.2) is 37.2 Å². The van der Waals surface area contributed by atoms with E-state index in [4.69, 9.17) is 4.74 Å². The predicted molar refractivity (Wildman–Crippen MR) is 67.2 cm³/mol. The van der Waals surface area contributed by atoms with Gasteiger partial charge in [0.15, 0.2) is 0 Å². The van der Waals surface area contributed by atoms with Crippen molar-refractivity contribution in [2.45, 2.75) is 20.0 Å². The Hall–Kier alpha value is -1.62. The molecule has 1 unspecified atom stereocenters. The molecule has 94 valence electrons. The summed E-state index contributed by atoms with van der Waals surface area (Å²) in [5.41, 5.74) is 0.549. The summed E-state index contributed by atoms with van der Waals surface area (Å²) in [6.07, 6.45) is 1.57. The molecule has 1 aromatic rings. The fourth-order valence-electron chi connectivity index (χ4n) is 1.36. The summed E-state index contributed by atoms with van der Waals surface area (Å²) in [7, 11) is 1.78. The summed E-state index contributed by atoms with van der Waals surface area (Å²) in [6, 6.07) is 3.50. The zero-order chi connectivity index (χ0) is 12.7. The molecule has 0 aromatic carbocycles. The van der Waals surface area contributed by atoms with Crippen molar-refractivity contribution in [1.82, 2.24) is 10.3 Å². The SMILES string of the molecule is CCOC(C)CNC(=O)c1ccc(NC)nc1. The lowest BCUT2D eigenvalue weighted by molar-refractivity contribution is 0.0695. The van der Waals surface area contributed by atoms with Crippen LogP contribution in [0.5, 0.6) is 0 Å². The first-order chi connectivity index (χ1) is 8.17. The van der Waals surface area contributed by atoms with Gasteiger partial charge in [-0.3, -0.25) is 4.79 Å².